The lowest BCUT2D eigenvalue weighted by molar-refractivity contribution is -0.915. The number of para-hydroxylation sites is 1. The molecule has 4 nitrogen and oxygen atoms in total. The number of hydrogen-bond donors (Lipinski definition) is 0. The van der Waals surface area contributed by atoms with Gasteiger partial charge in [-0.2, -0.15) is 0 Å². The third kappa shape index (κ3) is 4.06. The molecule has 0 amide bonds. The van der Waals surface area contributed by atoms with Crippen LogP contribution in [0.25, 0.3) is 0 Å². The van der Waals surface area contributed by atoms with Gasteiger partial charge in [0.25, 0.3) is 0 Å². The molecule has 0 N–H and O–H groups in total. The SMILES string of the molecule is C[N+]1(COC(=O)Cc2ccccc2)CC2c3ccccc3Oc3ccc(Cl)cc3C2C1. The maximum atomic E-state index is 12.5. The fourth-order valence-corrected chi connectivity index (χ4v) is 5.14. The molecule has 3 unspecified atom stereocenters. The van der Waals surface area contributed by atoms with Gasteiger partial charge in [-0.3, -0.25) is 9.28 Å². The molecule has 0 bridgehead atoms. The average molecular weight is 435 g/mol. The van der Waals surface area contributed by atoms with Gasteiger partial charge in [0.15, 0.2) is 0 Å². The van der Waals surface area contributed by atoms with Crippen molar-refractivity contribution in [2.24, 2.45) is 0 Å². The van der Waals surface area contributed by atoms with Crippen molar-refractivity contribution >= 4 is 17.6 Å². The molecule has 3 aromatic rings. The number of likely N-dealkylation sites (N-methyl/N-ethyl adjacent to an activating group) is 1. The molecule has 5 heteroatoms. The van der Waals surface area contributed by atoms with E-state index in [4.69, 9.17) is 21.1 Å². The molecule has 0 aromatic heterocycles. The number of esters is 1. The average Bonchev–Trinajstić information content (AvgIpc) is 3.07. The van der Waals surface area contributed by atoms with Crippen LogP contribution in [-0.2, 0) is 16.0 Å². The number of ether oxygens (including phenoxy) is 2. The summed E-state index contributed by atoms with van der Waals surface area (Å²) >= 11 is 6.35. The Morgan fingerprint density at radius 1 is 0.968 bits per heavy atom. The van der Waals surface area contributed by atoms with E-state index in [1.54, 1.807) is 0 Å². The number of fused-ring (bicyclic) bond motifs is 5. The monoisotopic (exact) mass is 434 g/mol. The van der Waals surface area contributed by atoms with E-state index in [0.29, 0.717) is 22.7 Å². The summed E-state index contributed by atoms with van der Waals surface area (Å²) in [6, 6.07) is 23.8. The summed E-state index contributed by atoms with van der Waals surface area (Å²) in [4.78, 5) is 12.5. The molecule has 2 heterocycles. The van der Waals surface area contributed by atoms with Crippen molar-refractivity contribution in [1.29, 1.82) is 0 Å². The second kappa shape index (κ2) is 8.03. The minimum atomic E-state index is -0.190. The first-order valence-electron chi connectivity index (χ1n) is 10.6. The molecule has 0 aliphatic carbocycles. The molecule has 2 aliphatic heterocycles. The van der Waals surface area contributed by atoms with Gasteiger partial charge in [0.05, 0.1) is 26.6 Å². The molecular formula is C26H25ClNO3+. The Hall–Kier alpha value is -2.82. The number of likely N-dealkylation sites (tertiary alicyclic amines) is 1. The molecule has 2 aliphatic rings. The van der Waals surface area contributed by atoms with Crippen molar-refractivity contribution in [2.75, 3.05) is 26.9 Å². The first-order chi connectivity index (χ1) is 15.0. The van der Waals surface area contributed by atoms with E-state index in [0.717, 1.165) is 35.7 Å². The number of carbonyl (C=O) groups is 1. The summed E-state index contributed by atoms with van der Waals surface area (Å²) in [7, 11) is 2.16. The van der Waals surface area contributed by atoms with Crippen molar-refractivity contribution in [3.05, 3.63) is 94.5 Å². The Labute approximate surface area is 187 Å². The van der Waals surface area contributed by atoms with E-state index in [1.165, 1.54) is 5.56 Å². The van der Waals surface area contributed by atoms with Crippen LogP contribution in [0.3, 0.4) is 0 Å². The lowest BCUT2D eigenvalue weighted by atomic mass is 9.84. The van der Waals surface area contributed by atoms with Gasteiger partial charge < -0.3 is 9.47 Å². The molecular weight excluding hydrogens is 410 g/mol. The number of rotatable bonds is 4. The highest BCUT2D eigenvalue weighted by molar-refractivity contribution is 6.30. The number of nitrogens with zero attached hydrogens (tertiary/aromatic N) is 1. The summed E-state index contributed by atoms with van der Waals surface area (Å²) in [5.74, 6) is 2.08. The van der Waals surface area contributed by atoms with Gasteiger partial charge in [0.1, 0.15) is 11.5 Å². The Morgan fingerprint density at radius 3 is 2.45 bits per heavy atom. The highest BCUT2D eigenvalue weighted by Crippen LogP contribution is 2.51. The van der Waals surface area contributed by atoms with Crippen molar-refractivity contribution in [3.8, 4) is 11.5 Å². The third-order valence-electron chi connectivity index (χ3n) is 6.40. The Kier molecular flexibility index (Phi) is 5.20. The second-order valence-electron chi connectivity index (χ2n) is 8.83. The number of hydrogen-bond acceptors (Lipinski definition) is 3. The molecule has 0 saturated carbocycles. The number of benzene rings is 3. The van der Waals surface area contributed by atoms with E-state index in [1.807, 2.05) is 60.7 Å². The van der Waals surface area contributed by atoms with Crippen LogP contribution in [0.4, 0.5) is 0 Å². The molecule has 158 valence electrons. The Morgan fingerprint density at radius 2 is 1.65 bits per heavy atom. The lowest BCUT2D eigenvalue weighted by Crippen LogP contribution is -2.44. The molecule has 3 aromatic carbocycles. The van der Waals surface area contributed by atoms with Gasteiger partial charge in [-0.25, -0.2) is 0 Å². The van der Waals surface area contributed by atoms with Crippen LogP contribution in [0, 0.1) is 0 Å². The zero-order chi connectivity index (χ0) is 21.4. The first kappa shape index (κ1) is 20.1. The van der Waals surface area contributed by atoms with Crippen molar-refractivity contribution in [2.45, 2.75) is 18.3 Å². The van der Waals surface area contributed by atoms with E-state index in [-0.39, 0.29) is 17.8 Å². The predicted molar refractivity (Wildman–Crippen MR) is 120 cm³/mol. The summed E-state index contributed by atoms with van der Waals surface area (Å²) < 4.78 is 12.7. The number of halogens is 1. The Balaban J connectivity index is 1.39. The van der Waals surface area contributed by atoms with Crippen LogP contribution in [0.15, 0.2) is 72.8 Å². The van der Waals surface area contributed by atoms with Crippen LogP contribution in [0.2, 0.25) is 5.02 Å². The van der Waals surface area contributed by atoms with E-state index in [9.17, 15) is 4.79 Å². The quantitative estimate of drug-likeness (QED) is 0.401. The van der Waals surface area contributed by atoms with Crippen LogP contribution in [0.1, 0.15) is 28.5 Å². The highest BCUT2D eigenvalue weighted by Gasteiger charge is 2.48. The Bertz CT molecular complexity index is 1120. The minimum absolute atomic E-state index is 0.190. The third-order valence-corrected chi connectivity index (χ3v) is 6.63. The normalized spacial score (nSPS) is 23.7. The zero-order valence-electron chi connectivity index (χ0n) is 17.5. The largest absolute Gasteiger partial charge is 0.457 e. The van der Waals surface area contributed by atoms with Crippen LogP contribution in [-0.4, -0.2) is 37.3 Å². The van der Waals surface area contributed by atoms with E-state index < -0.39 is 0 Å². The smallest absolute Gasteiger partial charge is 0.314 e. The van der Waals surface area contributed by atoms with Crippen molar-refractivity contribution in [1.82, 2.24) is 0 Å². The molecule has 31 heavy (non-hydrogen) atoms. The lowest BCUT2D eigenvalue weighted by Gasteiger charge is -2.29. The van der Waals surface area contributed by atoms with Crippen LogP contribution >= 0.6 is 11.6 Å². The van der Waals surface area contributed by atoms with Gasteiger partial charge in [-0.1, -0.05) is 60.1 Å². The maximum Gasteiger partial charge on any atom is 0.314 e. The molecule has 5 rings (SSSR count). The second-order valence-corrected chi connectivity index (χ2v) is 9.26. The topological polar surface area (TPSA) is 35.5 Å². The standard InChI is InChI=1S/C26H25ClNO3/c1-28(17-30-26(29)13-18-7-3-2-4-8-18)15-22-20-9-5-6-10-24(20)31-25-12-11-19(27)14-21(25)23(22)16-28/h2-12,14,22-23H,13,15-17H2,1H3/q+1. The molecule has 1 saturated heterocycles. The molecule has 0 radical (unpaired) electrons. The first-order valence-corrected chi connectivity index (χ1v) is 11.0. The molecule has 3 atom stereocenters. The van der Waals surface area contributed by atoms with Gasteiger partial charge in [0, 0.05) is 28.0 Å². The van der Waals surface area contributed by atoms with Crippen molar-refractivity contribution in [3.63, 3.8) is 0 Å². The summed E-state index contributed by atoms with van der Waals surface area (Å²) in [5.41, 5.74) is 3.31. The fraction of sp³-hybridized carbons (Fsp3) is 0.269. The maximum absolute atomic E-state index is 12.5. The fourth-order valence-electron chi connectivity index (χ4n) is 4.96. The molecule has 1 fully saturated rings. The number of quaternary nitrogens is 1. The summed E-state index contributed by atoms with van der Waals surface area (Å²) in [6.45, 7) is 2.08. The van der Waals surface area contributed by atoms with Gasteiger partial charge in [-0.05, 0) is 29.8 Å². The van der Waals surface area contributed by atoms with E-state index >= 15 is 0 Å². The number of carbonyl (C=O) groups excluding carboxylic acids is 1. The van der Waals surface area contributed by atoms with Gasteiger partial charge in [0.2, 0.25) is 6.73 Å². The molecule has 0 spiro atoms. The summed E-state index contributed by atoms with van der Waals surface area (Å²) in [5, 5.41) is 0.711. The van der Waals surface area contributed by atoms with Crippen LogP contribution < -0.4 is 4.74 Å². The van der Waals surface area contributed by atoms with E-state index in [2.05, 4.69) is 19.2 Å². The summed E-state index contributed by atoms with van der Waals surface area (Å²) in [6.07, 6.45) is 0.294. The zero-order valence-corrected chi connectivity index (χ0v) is 18.2. The van der Waals surface area contributed by atoms with Gasteiger partial charge in [-0.15, -0.1) is 0 Å². The van der Waals surface area contributed by atoms with Gasteiger partial charge >= 0.3 is 5.97 Å². The van der Waals surface area contributed by atoms with Crippen LogP contribution in [0.5, 0.6) is 11.5 Å². The minimum Gasteiger partial charge on any atom is -0.457 e. The predicted octanol–water partition coefficient (Wildman–Crippen LogP) is 5.52. The highest BCUT2D eigenvalue weighted by atomic mass is 35.5. The van der Waals surface area contributed by atoms with Crippen molar-refractivity contribution < 1.29 is 18.8 Å².